The Balaban J connectivity index is 1.05. The van der Waals surface area contributed by atoms with Gasteiger partial charge in [-0.15, -0.1) is 0 Å². The normalized spacial score (nSPS) is 23.0. The predicted molar refractivity (Wildman–Crippen MR) is 167 cm³/mol. The Kier molecular flexibility index (Phi) is 6.51. The predicted octanol–water partition coefficient (Wildman–Crippen LogP) is 7.94. The van der Waals surface area contributed by atoms with Crippen LogP contribution >= 0.6 is 0 Å². The van der Waals surface area contributed by atoms with Crippen LogP contribution in [-0.4, -0.2) is 48.4 Å². The maximum atomic E-state index is 13.4. The van der Waals surface area contributed by atoms with Gasteiger partial charge in [0.05, 0.1) is 0 Å². The molecule has 2 bridgehead atoms. The molecule has 7 rings (SSSR count). The molecule has 2 fully saturated rings. The number of amides is 1. The molecule has 2 aliphatic rings. The maximum Gasteiger partial charge on any atom is 0.222 e. The largest absolute Gasteiger partial charge is 0.345 e. The van der Waals surface area contributed by atoms with Gasteiger partial charge in [0.25, 0.3) is 0 Å². The summed E-state index contributed by atoms with van der Waals surface area (Å²) < 4.78 is 0. The molecular weight excluding hydrogens is 488 g/mol. The summed E-state index contributed by atoms with van der Waals surface area (Å²) in [6.45, 7) is 3.01. The zero-order valence-electron chi connectivity index (χ0n) is 24.1. The lowest BCUT2D eigenvalue weighted by atomic mass is 9.75. The lowest BCUT2D eigenvalue weighted by Gasteiger charge is -2.44. The fourth-order valence-electron chi connectivity index (χ4n) is 8.08. The number of nitrogens with zero attached hydrogens (tertiary/aromatic N) is 2. The molecule has 4 unspecified atom stereocenters. The Labute approximate surface area is 238 Å². The molecule has 3 nitrogen and oxygen atoms in total. The molecular formula is C37H40N2O. The molecule has 0 radical (unpaired) electrons. The molecule has 4 atom stereocenters. The van der Waals surface area contributed by atoms with Crippen molar-refractivity contribution in [2.45, 2.75) is 63.5 Å². The van der Waals surface area contributed by atoms with Crippen LogP contribution in [0.5, 0.6) is 0 Å². The standard InChI is InChI=1S/C37H40N2O/c1-24-10-12-26(13-11-24)32-22-30-19-21-34(39(30)3)33(32)23-38(2)35(40)9-5-6-25-14-15-29-17-16-27-7-4-8-28-18-20-31(25)37(29)36(27)28/h4,7-8,10-18,20,30,32-34H,5-6,9,19,21-23H2,1-3H3. The second-order valence-corrected chi connectivity index (χ2v) is 12.6. The average Bonchev–Trinajstić information content (AvgIpc) is 3.22. The van der Waals surface area contributed by atoms with Crippen molar-refractivity contribution >= 4 is 38.2 Å². The molecule has 1 amide bonds. The summed E-state index contributed by atoms with van der Waals surface area (Å²) in [4.78, 5) is 18.1. The molecule has 2 saturated heterocycles. The molecule has 5 aromatic carbocycles. The molecule has 2 heterocycles. The number of hydrogen-bond donors (Lipinski definition) is 0. The fraction of sp³-hybridized carbons (Fsp3) is 0.378. The third kappa shape index (κ3) is 4.36. The van der Waals surface area contributed by atoms with Crippen molar-refractivity contribution in [2.75, 3.05) is 20.6 Å². The molecule has 0 aliphatic carbocycles. The van der Waals surface area contributed by atoms with E-state index in [2.05, 4.69) is 97.7 Å². The van der Waals surface area contributed by atoms with Crippen LogP contribution in [0.1, 0.15) is 54.7 Å². The van der Waals surface area contributed by atoms with Crippen molar-refractivity contribution in [1.82, 2.24) is 9.80 Å². The maximum absolute atomic E-state index is 13.4. The number of carbonyl (C=O) groups excluding carboxylic acids is 1. The smallest absolute Gasteiger partial charge is 0.222 e. The van der Waals surface area contributed by atoms with Crippen LogP contribution in [0, 0.1) is 12.8 Å². The minimum Gasteiger partial charge on any atom is -0.345 e. The zero-order chi connectivity index (χ0) is 27.4. The summed E-state index contributed by atoms with van der Waals surface area (Å²) in [6.07, 6.45) is 6.16. The van der Waals surface area contributed by atoms with Gasteiger partial charge in [0, 0.05) is 32.1 Å². The number of hydrogen-bond acceptors (Lipinski definition) is 2. The average molecular weight is 529 g/mol. The van der Waals surface area contributed by atoms with Crippen molar-refractivity contribution in [3.63, 3.8) is 0 Å². The lowest BCUT2D eigenvalue weighted by Crippen LogP contribution is -2.50. The van der Waals surface area contributed by atoms with Gasteiger partial charge in [-0.3, -0.25) is 4.79 Å². The number of benzene rings is 5. The molecule has 3 heteroatoms. The van der Waals surface area contributed by atoms with Gasteiger partial charge in [0.15, 0.2) is 0 Å². The first-order valence-electron chi connectivity index (χ1n) is 15.2. The first-order valence-corrected chi connectivity index (χ1v) is 15.2. The van der Waals surface area contributed by atoms with E-state index < -0.39 is 0 Å². The van der Waals surface area contributed by atoms with Crippen molar-refractivity contribution < 1.29 is 4.79 Å². The minimum atomic E-state index is 0.281. The van der Waals surface area contributed by atoms with Crippen molar-refractivity contribution in [1.29, 1.82) is 0 Å². The van der Waals surface area contributed by atoms with Crippen LogP contribution in [-0.2, 0) is 11.2 Å². The third-order valence-corrected chi connectivity index (χ3v) is 10.3. The van der Waals surface area contributed by atoms with E-state index in [4.69, 9.17) is 0 Å². The molecule has 0 spiro atoms. The van der Waals surface area contributed by atoms with E-state index >= 15 is 0 Å². The van der Waals surface area contributed by atoms with Gasteiger partial charge in [-0.05, 0) is 101 Å². The highest BCUT2D eigenvalue weighted by molar-refractivity contribution is 6.23. The lowest BCUT2D eigenvalue weighted by molar-refractivity contribution is -0.131. The number of piperidine rings is 1. The van der Waals surface area contributed by atoms with Crippen molar-refractivity contribution in [2.24, 2.45) is 5.92 Å². The van der Waals surface area contributed by atoms with Crippen LogP contribution in [0.3, 0.4) is 0 Å². The zero-order valence-corrected chi connectivity index (χ0v) is 24.1. The molecule has 204 valence electrons. The first-order chi connectivity index (χ1) is 19.5. The summed E-state index contributed by atoms with van der Waals surface area (Å²) >= 11 is 0. The highest BCUT2D eigenvalue weighted by atomic mass is 16.2. The SMILES string of the molecule is Cc1ccc(C2CC3CCC(C2CN(C)C(=O)CCCc2ccc4ccc5cccc6ccc2c4c56)N3C)cc1. The highest BCUT2D eigenvalue weighted by Gasteiger charge is 2.46. The van der Waals surface area contributed by atoms with Crippen LogP contribution < -0.4 is 0 Å². The molecule has 0 N–H and O–H groups in total. The number of aryl methyl sites for hydroxylation is 2. The topological polar surface area (TPSA) is 23.6 Å². The van der Waals surface area contributed by atoms with E-state index in [0.29, 0.717) is 30.3 Å². The molecule has 0 aromatic heterocycles. The van der Waals surface area contributed by atoms with Gasteiger partial charge in [0.1, 0.15) is 0 Å². The molecule has 5 aromatic rings. The Morgan fingerprint density at radius 3 is 2.35 bits per heavy atom. The van der Waals surface area contributed by atoms with E-state index in [9.17, 15) is 4.79 Å². The second kappa shape index (κ2) is 10.2. The van der Waals surface area contributed by atoms with E-state index in [-0.39, 0.29) is 5.91 Å². The third-order valence-electron chi connectivity index (χ3n) is 10.3. The van der Waals surface area contributed by atoms with Crippen LogP contribution in [0.2, 0.25) is 0 Å². The second-order valence-electron chi connectivity index (χ2n) is 12.6. The first kappa shape index (κ1) is 25.5. The summed E-state index contributed by atoms with van der Waals surface area (Å²) in [5.74, 6) is 1.29. The van der Waals surface area contributed by atoms with Crippen LogP contribution in [0.15, 0.2) is 78.9 Å². The Morgan fingerprint density at radius 1 is 0.875 bits per heavy atom. The molecule has 2 aliphatic heterocycles. The minimum absolute atomic E-state index is 0.281. The Hall–Kier alpha value is -3.43. The number of fused-ring (bicyclic) bond motifs is 2. The van der Waals surface area contributed by atoms with Gasteiger partial charge in [-0.1, -0.05) is 84.4 Å². The molecule has 40 heavy (non-hydrogen) atoms. The van der Waals surface area contributed by atoms with Crippen LogP contribution in [0.4, 0.5) is 0 Å². The Morgan fingerprint density at radius 2 is 1.57 bits per heavy atom. The summed E-state index contributed by atoms with van der Waals surface area (Å²) in [7, 11) is 4.34. The van der Waals surface area contributed by atoms with Crippen molar-refractivity contribution in [3.8, 4) is 0 Å². The fourth-order valence-corrected chi connectivity index (χ4v) is 8.08. The van der Waals surface area contributed by atoms with Crippen LogP contribution in [0.25, 0.3) is 32.3 Å². The number of carbonyl (C=O) groups is 1. The van der Waals surface area contributed by atoms with Gasteiger partial charge in [-0.2, -0.15) is 0 Å². The quantitative estimate of drug-likeness (QED) is 0.200. The summed E-state index contributed by atoms with van der Waals surface area (Å²) in [5.41, 5.74) is 4.12. The van der Waals surface area contributed by atoms with E-state index in [1.54, 1.807) is 0 Å². The monoisotopic (exact) mass is 528 g/mol. The number of rotatable bonds is 7. The van der Waals surface area contributed by atoms with Gasteiger partial charge in [-0.25, -0.2) is 0 Å². The van der Waals surface area contributed by atoms with Gasteiger partial charge >= 0.3 is 0 Å². The van der Waals surface area contributed by atoms with E-state index in [1.165, 1.54) is 68.3 Å². The van der Waals surface area contributed by atoms with Gasteiger partial charge in [0.2, 0.25) is 5.91 Å². The summed E-state index contributed by atoms with van der Waals surface area (Å²) in [5, 5.41) is 7.98. The van der Waals surface area contributed by atoms with E-state index in [1.807, 2.05) is 11.9 Å². The Bertz CT molecular complexity index is 1660. The van der Waals surface area contributed by atoms with Gasteiger partial charge < -0.3 is 9.80 Å². The molecule has 0 saturated carbocycles. The van der Waals surface area contributed by atoms with E-state index in [0.717, 1.165) is 19.4 Å². The van der Waals surface area contributed by atoms with Crippen molar-refractivity contribution in [3.05, 3.63) is 95.6 Å². The highest BCUT2D eigenvalue weighted by Crippen LogP contribution is 2.46. The summed E-state index contributed by atoms with van der Waals surface area (Å²) in [6, 6.07) is 30.5.